The van der Waals surface area contributed by atoms with Crippen LogP contribution in [0.3, 0.4) is 0 Å². The molecular weight excluding hydrogens is 563 g/mol. The Labute approximate surface area is 267 Å². The number of benzene rings is 2. The van der Waals surface area contributed by atoms with E-state index in [0.717, 1.165) is 79.0 Å². The van der Waals surface area contributed by atoms with Gasteiger partial charge >= 0.3 is 0 Å². The Kier molecular flexibility index (Phi) is 11.6. The molecule has 0 amide bonds. The maximum Gasteiger partial charge on any atom is 0.224 e. The third-order valence-electron chi connectivity index (χ3n) is 8.33. The normalized spacial score (nSPS) is 19.4. The first-order chi connectivity index (χ1) is 21.7. The monoisotopic (exact) mass is 609 g/mol. The summed E-state index contributed by atoms with van der Waals surface area (Å²) in [5.74, 6) is 4.03. The maximum atomic E-state index is 5.91. The highest BCUT2D eigenvalue weighted by Crippen LogP contribution is 2.66. The summed E-state index contributed by atoms with van der Waals surface area (Å²) in [6.45, 7) is 8.88. The number of unbranched alkanes of at least 4 members (excludes halogenated alkanes) is 1. The predicted octanol–water partition coefficient (Wildman–Crippen LogP) is 7.75. The van der Waals surface area contributed by atoms with Crippen LogP contribution in [0.15, 0.2) is 77.8 Å². The van der Waals surface area contributed by atoms with Crippen molar-refractivity contribution in [3.05, 3.63) is 101 Å². The van der Waals surface area contributed by atoms with Crippen molar-refractivity contribution in [1.29, 1.82) is 0 Å². The van der Waals surface area contributed by atoms with Gasteiger partial charge in [-0.05, 0) is 36.5 Å². The van der Waals surface area contributed by atoms with Crippen LogP contribution in [-0.2, 0) is 6.42 Å². The molecule has 0 saturated heterocycles. The van der Waals surface area contributed by atoms with E-state index in [0.29, 0.717) is 12.5 Å². The smallest absolute Gasteiger partial charge is 0.224 e. The van der Waals surface area contributed by atoms with Crippen LogP contribution in [0.2, 0.25) is 0 Å². The van der Waals surface area contributed by atoms with Crippen molar-refractivity contribution in [1.82, 2.24) is 19.9 Å². The van der Waals surface area contributed by atoms with Crippen LogP contribution in [0.5, 0.6) is 0 Å². The molecule has 1 saturated carbocycles. The Hall–Kier alpha value is -3.49. The molecule has 2 atom stereocenters. The largest absolute Gasteiger partial charge is 0.370 e. The minimum absolute atomic E-state index is 0.145. The zero-order valence-corrected chi connectivity index (χ0v) is 27.2. The van der Waals surface area contributed by atoms with E-state index in [1.54, 1.807) is 11.8 Å². The van der Waals surface area contributed by atoms with E-state index in [4.69, 9.17) is 25.7 Å². The van der Waals surface area contributed by atoms with Gasteiger partial charge in [-0.2, -0.15) is 4.98 Å². The van der Waals surface area contributed by atoms with Crippen molar-refractivity contribution < 1.29 is 0 Å². The molecule has 2 aromatic carbocycles. The van der Waals surface area contributed by atoms with Gasteiger partial charge in [-0.15, -0.1) is 11.8 Å². The van der Waals surface area contributed by atoms with Crippen molar-refractivity contribution in [2.75, 3.05) is 36.0 Å². The lowest BCUT2D eigenvalue weighted by Gasteiger charge is -2.52. The third-order valence-corrected chi connectivity index (χ3v) is 9.27. The van der Waals surface area contributed by atoms with E-state index in [2.05, 4.69) is 104 Å². The van der Waals surface area contributed by atoms with Crippen molar-refractivity contribution >= 4 is 23.5 Å². The lowest BCUT2D eigenvalue weighted by atomic mass is 9.50. The first kappa shape index (κ1) is 31.9. The molecule has 232 valence electrons. The van der Waals surface area contributed by atoms with E-state index in [-0.39, 0.29) is 23.7 Å². The number of aryl methyl sites for hydroxylation is 1. The van der Waals surface area contributed by atoms with Gasteiger partial charge in [-0.25, -0.2) is 15.0 Å². The summed E-state index contributed by atoms with van der Waals surface area (Å²) in [7, 11) is 0. The molecule has 0 unspecified atom stereocenters. The Morgan fingerprint density at radius 1 is 0.682 bits per heavy atom. The molecule has 1 aliphatic rings. The quantitative estimate of drug-likeness (QED) is 0.0875. The van der Waals surface area contributed by atoms with Gasteiger partial charge < -0.3 is 16.4 Å². The minimum atomic E-state index is 0.145. The number of nitrogens with one attached hydrogen (secondary N) is 2. The van der Waals surface area contributed by atoms with Crippen LogP contribution in [0, 0.1) is 0 Å². The lowest BCUT2D eigenvalue weighted by Crippen LogP contribution is -2.41. The van der Waals surface area contributed by atoms with Crippen LogP contribution in [0.25, 0.3) is 0 Å². The fourth-order valence-electron chi connectivity index (χ4n) is 6.31. The number of hydrogen-bond acceptors (Lipinski definition) is 8. The van der Waals surface area contributed by atoms with E-state index in [1.165, 1.54) is 11.1 Å². The molecule has 4 N–H and O–H groups in total. The summed E-state index contributed by atoms with van der Waals surface area (Å²) in [5, 5.41) is 8.02. The van der Waals surface area contributed by atoms with Crippen LogP contribution in [-0.4, -0.2) is 45.3 Å². The second kappa shape index (κ2) is 16.0. The van der Waals surface area contributed by atoms with E-state index < -0.39 is 0 Å². The molecule has 0 spiro atoms. The SMILES string of the molecule is CCCCc1nc(SCCN)cc(C2[C@@H](c3ccccc3)C(c3cc(NCCC)nc(NCCC)n3)[C@@H]2c2ccccc2)n1. The molecule has 4 aromatic rings. The molecule has 7 nitrogen and oxygen atoms in total. The molecule has 2 heterocycles. The van der Waals surface area contributed by atoms with Gasteiger partial charge in [0.2, 0.25) is 5.95 Å². The van der Waals surface area contributed by atoms with E-state index in [9.17, 15) is 0 Å². The third kappa shape index (κ3) is 7.59. The Morgan fingerprint density at radius 2 is 1.30 bits per heavy atom. The maximum absolute atomic E-state index is 5.91. The van der Waals surface area contributed by atoms with Crippen molar-refractivity contribution in [2.45, 2.75) is 81.6 Å². The molecular formula is C36H47N7S. The van der Waals surface area contributed by atoms with Crippen molar-refractivity contribution in [3.63, 3.8) is 0 Å². The van der Waals surface area contributed by atoms with Gasteiger partial charge in [0.25, 0.3) is 0 Å². The van der Waals surface area contributed by atoms with Crippen molar-refractivity contribution in [3.8, 4) is 0 Å². The predicted molar refractivity (Wildman–Crippen MR) is 184 cm³/mol. The Morgan fingerprint density at radius 3 is 1.89 bits per heavy atom. The second-order valence-electron chi connectivity index (χ2n) is 11.6. The van der Waals surface area contributed by atoms with Crippen LogP contribution >= 0.6 is 11.8 Å². The summed E-state index contributed by atoms with van der Waals surface area (Å²) >= 11 is 1.73. The molecule has 5 rings (SSSR count). The van der Waals surface area contributed by atoms with E-state index in [1.807, 2.05) is 0 Å². The number of nitrogens with two attached hydrogens (primary N) is 1. The number of hydrogen-bond donors (Lipinski definition) is 3. The zero-order chi connectivity index (χ0) is 30.7. The van der Waals surface area contributed by atoms with Crippen LogP contribution < -0.4 is 16.4 Å². The molecule has 44 heavy (non-hydrogen) atoms. The van der Waals surface area contributed by atoms with E-state index >= 15 is 0 Å². The molecule has 1 fully saturated rings. The minimum Gasteiger partial charge on any atom is -0.370 e. The summed E-state index contributed by atoms with van der Waals surface area (Å²) in [5.41, 5.74) is 10.7. The molecule has 2 aromatic heterocycles. The summed E-state index contributed by atoms with van der Waals surface area (Å²) in [4.78, 5) is 20.3. The zero-order valence-electron chi connectivity index (χ0n) is 26.4. The molecule has 0 bridgehead atoms. The van der Waals surface area contributed by atoms with Gasteiger partial charge in [0.1, 0.15) is 16.7 Å². The summed E-state index contributed by atoms with van der Waals surface area (Å²) in [6, 6.07) is 26.3. The fourth-order valence-corrected chi connectivity index (χ4v) is 7.01. The highest BCUT2D eigenvalue weighted by molar-refractivity contribution is 7.99. The van der Waals surface area contributed by atoms with Gasteiger partial charge in [-0.1, -0.05) is 87.9 Å². The topological polar surface area (TPSA) is 102 Å². The standard InChI is InChI=1S/C36H47N7S/c1-4-7-18-29-40-28(24-31(42-29)44-22-19-37)35-32(25-14-10-8-11-15-25)34(33(35)26-16-12-9-13-17-26)27-23-30(38-20-5-2)43-36(41-27)39-21-6-3/h8-17,23-24,32-35H,4-7,18-22,37H2,1-3H3,(H2,38,39,41,43)/t32-,33-,34?,35?/m0/s1. The average molecular weight is 610 g/mol. The summed E-state index contributed by atoms with van der Waals surface area (Å²) < 4.78 is 0. The van der Waals surface area contributed by atoms with Crippen molar-refractivity contribution in [2.24, 2.45) is 5.73 Å². The average Bonchev–Trinajstić information content (AvgIpc) is 3.05. The fraction of sp³-hybridized carbons (Fsp3) is 0.444. The first-order valence-corrected chi connectivity index (χ1v) is 17.3. The number of rotatable bonds is 16. The van der Waals surface area contributed by atoms with Gasteiger partial charge in [-0.3, -0.25) is 0 Å². The van der Waals surface area contributed by atoms with Crippen LogP contribution in [0.1, 0.15) is 98.5 Å². The Balaban J connectivity index is 1.67. The van der Waals surface area contributed by atoms with Gasteiger partial charge in [0, 0.05) is 67.2 Å². The molecule has 8 heteroatoms. The number of aromatic nitrogens is 4. The number of thioether (sulfide) groups is 1. The highest BCUT2D eigenvalue weighted by Gasteiger charge is 2.54. The van der Waals surface area contributed by atoms with Gasteiger partial charge in [0.05, 0.1) is 5.69 Å². The Bertz CT molecular complexity index is 1280. The first-order valence-electron chi connectivity index (χ1n) is 16.3. The number of nitrogens with zero attached hydrogens (tertiary/aromatic N) is 4. The molecule has 0 radical (unpaired) electrons. The van der Waals surface area contributed by atoms with Gasteiger partial charge in [0.15, 0.2) is 0 Å². The summed E-state index contributed by atoms with van der Waals surface area (Å²) in [6.07, 6.45) is 5.10. The second-order valence-corrected chi connectivity index (χ2v) is 12.7. The molecule has 1 aliphatic carbocycles. The molecule has 0 aliphatic heterocycles. The highest BCUT2D eigenvalue weighted by atomic mass is 32.2. The lowest BCUT2D eigenvalue weighted by molar-refractivity contribution is 0.219. The number of anilines is 2. The van der Waals surface area contributed by atoms with Crippen LogP contribution in [0.4, 0.5) is 11.8 Å².